The molecule has 4 rings (SSSR count). The third kappa shape index (κ3) is 4.65. The number of thiophene rings is 1. The maximum absolute atomic E-state index is 13.5. The molecule has 1 heterocycles. The van der Waals surface area contributed by atoms with E-state index in [1.54, 1.807) is 23.6 Å². The van der Waals surface area contributed by atoms with Gasteiger partial charge in [-0.2, -0.15) is 0 Å². The summed E-state index contributed by atoms with van der Waals surface area (Å²) >= 11 is 1.17. The van der Waals surface area contributed by atoms with Crippen molar-refractivity contribution in [3.05, 3.63) is 101 Å². The fourth-order valence-electron chi connectivity index (χ4n) is 3.85. The van der Waals surface area contributed by atoms with Crippen LogP contribution in [0, 0.1) is 0 Å². The third-order valence-corrected chi connectivity index (χ3v) is 6.36. The highest BCUT2D eigenvalue weighted by Crippen LogP contribution is 2.40. The smallest absolute Gasteiger partial charge is 0.339 e. The number of benzene rings is 3. The number of rotatable bonds is 8. The van der Waals surface area contributed by atoms with Crippen LogP contribution in [0.15, 0.2) is 84.2 Å². The molecule has 1 amide bonds. The first-order chi connectivity index (χ1) is 16.5. The fourth-order valence-corrected chi connectivity index (χ4v) is 4.81. The molecule has 3 aromatic carbocycles. The van der Waals surface area contributed by atoms with Crippen molar-refractivity contribution >= 4 is 28.2 Å². The van der Waals surface area contributed by atoms with Gasteiger partial charge in [0.05, 0.1) is 20.1 Å². The van der Waals surface area contributed by atoms with Crippen molar-refractivity contribution < 1.29 is 24.2 Å². The molecule has 0 spiro atoms. The van der Waals surface area contributed by atoms with Crippen LogP contribution in [-0.4, -0.2) is 31.2 Å². The number of carboxylic acid groups (broad SMARTS) is 1. The number of anilines is 1. The number of amides is 1. The normalized spacial score (nSPS) is 10.7. The monoisotopic (exact) mass is 473 g/mol. The molecule has 2 N–H and O–H groups in total. The van der Waals surface area contributed by atoms with E-state index in [0.29, 0.717) is 22.6 Å². The number of carbonyl (C=O) groups is 2. The molecule has 0 aliphatic heterocycles. The van der Waals surface area contributed by atoms with Crippen molar-refractivity contribution in [3.8, 4) is 22.6 Å². The number of hydrogen-bond donors (Lipinski definition) is 2. The lowest BCUT2D eigenvalue weighted by Gasteiger charge is -2.18. The van der Waals surface area contributed by atoms with E-state index >= 15 is 0 Å². The van der Waals surface area contributed by atoms with Gasteiger partial charge in [-0.05, 0) is 28.8 Å². The fraction of sp³-hybridized carbons (Fsp3) is 0.111. The Morgan fingerprint density at radius 3 is 1.97 bits per heavy atom. The molecule has 6 nitrogen and oxygen atoms in total. The van der Waals surface area contributed by atoms with E-state index in [4.69, 9.17) is 9.47 Å². The molecule has 4 aromatic rings. The summed E-state index contributed by atoms with van der Waals surface area (Å²) in [6.07, 6.45) is 0. The van der Waals surface area contributed by atoms with Gasteiger partial charge in [-0.15, -0.1) is 11.3 Å². The zero-order valence-corrected chi connectivity index (χ0v) is 19.5. The predicted molar refractivity (Wildman–Crippen MR) is 133 cm³/mol. The minimum atomic E-state index is -1.13. The maximum atomic E-state index is 13.5. The van der Waals surface area contributed by atoms with Crippen LogP contribution in [0.2, 0.25) is 0 Å². The van der Waals surface area contributed by atoms with Gasteiger partial charge in [0.25, 0.3) is 0 Å². The van der Waals surface area contributed by atoms with Gasteiger partial charge in [-0.3, -0.25) is 4.79 Å². The van der Waals surface area contributed by atoms with E-state index in [0.717, 1.165) is 11.1 Å². The summed E-state index contributed by atoms with van der Waals surface area (Å²) in [7, 11) is 3.06. The largest absolute Gasteiger partial charge is 0.493 e. The Balaban J connectivity index is 1.72. The van der Waals surface area contributed by atoms with E-state index in [2.05, 4.69) is 5.32 Å². The highest BCUT2D eigenvalue weighted by Gasteiger charge is 2.27. The Morgan fingerprint density at radius 1 is 0.853 bits per heavy atom. The third-order valence-electron chi connectivity index (χ3n) is 5.46. The van der Waals surface area contributed by atoms with Crippen LogP contribution in [-0.2, 0) is 4.79 Å². The van der Waals surface area contributed by atoms with Gasteiger partial charge < -0.3 is 19.9 Å². The first-order valence-electron chi connectivity index (χ1n) is 10.5. The van der Waals surface area contributed by atoms with E-state index in [1.165, 1.54) is 25.6 Å². The first kappa shape index (κ1) is 23.1. The van der Waals surface area contributed by atoms with E-state index < -0.39 is 11.9 Å². The van der Waals surface area contributed by atoms with Crippen molar-refractivity contribution in [2.24, 2.45) is 0 Å². The lowest BCUT2D eigenvalue weighted by molar-refractivity contribution is -0.116. The molecule has 0 saturated heterocycles. The molecular formula is C27H23NO5S. The van der Waals surface area contributed by atoms with E-state index in [9.17, 15) is 14.7 Å². The molecule has 0 radical (unpaired) electrons. The maximum Gasteiger partial charge on any atom is 0.339 e. The lowest BCUT2D eigenvalue weighted by atomic mass is 9.90. The Labute approximate surface area is 201 Å². The number of nitrogens with one attached hydrogen (secondary N) is 1. The second-order valence-electron chi connectivity index (χ2n) is 7.47. The quantitative estimate of drug-likeness (QED) is 0.333. The van der Waals surface area contributed by atoms with Crippen molar-refractivity contribution in [2.75, 3.05) is 19.5 Å². The summed E-state index contributed by atoms with van der Waals surface area (Å²) < 4.78 is 10.6. The van der Waals surface area contributed by atoms with Gasteiger partial charge in [0.2, 0.25) is 5.91 Å². The minimum Gasteiger partial charge on any atom is -0.493 e. The van der Waals surface area contributed by atoms with Gasteiger partial charge in [0, 0.05) is 10.9 Å². The predicted octanol–water partition coefficient (Wildman–Crippen LogP) is 5.90. The summed E-state index contributed by atoms with van der Waals surface area (Å²) in [6, 6.07) is 24.0. The molecule has 34 heavy (non-hydrogen) atoms. The summed E-state index contributed by atoms with van der Waals surface area (Å²) in [5.41, 5.74) is 2.81. The SMILES string of the molecule is COc1ccc(-c2csc(NC(=O)C(c3ccccc3)c3ccccc3)c2C(=O)O)cc1OC. The topological polar surface area (TPSA) is 84.9 Å². The molecule has 0 unspecified atom stereocenters. The van der Waals surface area contributed by atoms with Gasteiger partial charge >= 0.3 is 5.97 Å². The summed E-state index contributed by atoms with van der Waals surface area (Å²) in [5, 5.41) is 14.9. The zero-order valence-electron chi connectivity index (χ0n) is 18.6. The Hall–Kier alpha value is -4.10. The number of hydrogen-bond acceptors (Lipinski definition) is 5. The number of carboxylic acids is 1. The molecule has 1 aromatic heterocycles. The molecule has 0 bridgehead atoms. The molecule has 0 atom stereocenters. The van der Waals surface area contributed by atoms with Crippen LogP contribution in [0.25, 0.3) is 11.1 Å². The minimum absolute atomic E-state index is 0.0328. The second-order valence-corrected chi connectivity index (χ2v) is 8.35. The number of carbonyl (C=O) groups excluding carboxylic acids is 1. The van der Waals surface area contributed by atoms with Crippen molar-refractivity contribution in [1.29, 1.82) is 0 Å². The van der Waals surface area contributed by atoms with Crippen LogP contribution in [0.1, 0.15) is 27.4 Å². The van der Waals surface area contributed by atoms with Crippen LogP contribution >= 0.6 is 11.3 Å². The van der Waals surface area contributed by atoms with E-state index in [-0.39, 0.29) is 16.5 Å². The van der Waals surface area contributed by atoms with Crippen LogP contribution in [0.3, 0.4) is 0 Å². The standard InChI is InChI=1S/C27H23NO5S/c1-32-21-14-13-19(15-22(21)33-2)20-16-34-26(24(20)27(30)31)28-25(29)23(17-9-5-3-6-10-17)18-11-7-4-8-12-18/h3-16,23H,1-2H3,(H,28,29)(H,30,31). The van der Waals surface area contributed by atoms with Crippen molar-refractivity contribution in [3.63, 3.8) is 0 Å². The summed E-state index contributed by atoms with van der Waals surface area (Å²) in [6.45, 7) is 0. The van der Waals surface area contributed by atoms with Crippen LogP contribution < -0.4 is 14.8 Å². The Bertz CT molecular complexity index is 1260. The van der Waals surface area contributed by atoms with Crippen LogP contribution in [0.4, 0.5) is 5.00 Å². The summed E-state index contributed by atoms with van der Waals surface area (Å²) in [5.74, 6) is -0.990. The lowest BCUT2D eigenvalue weighted by Crippen LogP contribution is -2.22. The zero-order chi connectivity index (χ0) is 24.1. The Kier molecular flexibility index (Phi) is 6.94. The van der Waals surface area contributed by atoms with Gasteiger partial charge in [-0.1, -0.05) is 66.7 Å². The number of methoxy groups -OCH3 is 2. The molecule has 0 aliphatic rings. The molecule has 0 saturated carbocycles. The Morgan fingerprint density at radius 2 is 1.44 bits per heavy atom. The first-order valence-corrected chi connectivity index (χ1v) is 11.4. The van der Waals surface area contributed by atoms with Gasteiger partial charge in [0.1, 0.15) is 10.6 Å². The highest BCUT2D eigenvalue weighted by atomic mass is 32.1. The molecular weight excluding hydrogens is 450 g/mol. The average molecular weight is 474 g/mol. The molecule has 0 aliphatic carbocycles. The van der Waals surface area contributed by atoms with E-state index in [1.807, 2.05) is 60.7 Å². The molecule has 172 valence electrons. The number of aromatic carboxylic acids is 1. The van der Waals surface area contributed by atoms with Crippen molar-refractivity contribution in [2.45, 2.75) is 5.92 Å². The number of ether oxygens (including phenoxy) is 2. The molecule has 7 heteroatoms. The average Bonchev–Trinajstić information content (AvgIpc) is 3.28. The second kappa shape index (κ2) is 10.2. The van der Waals surface area contributed by atoms with Crippen LogP contribution in [0.5, 0.6) is 11.5 Å². The molecule has 0 fully saturated rings. The van der Waals surface area contributed by atoms with Crippen molar-refractivity contribution in [1.82, 2.24) is 0 Å². The van der Waals surface area contributed by atoms with Gasteiger partial charge in [0.15, 0.2) is 11.5 Å². The highest BCUT2D eigenvalue weighted by molar-refractivity contribution is 7.15. The summed E-state index contributed by atoms with van der Waals surface area (Å²) in [4.78, 5) is 25.7. The van der Waals surface area contributed by atoms with Gasteiger partial charge in [-0.25, -0.2) is 4.79 Å².